The first-order valence-electron chi connectivity index (χ1n) is 11.9. The number of carbonyl (C=O) groups is 2. The van der Waals surface area contributed by atoms with Gasteiger partial charge in [-0.2, -0.15) is 0 Å². The third-order valence-electron chi connectivity index (χ3n) is 6.45. The van der Waals surface area contributed by atoms with Crippen LogP contribution in [0.15, 0.2) is 36.4 Å². The lowest BCUT2D eigenvalue weighted by molar-refractivity contribution is -0.144. The van der Waals surface area contributed by atoms with Crippen molar-refractivity contribution < 1.29 is 34.0 Å². The number of likely N-dealkylation sites (tertiary alicyclic amines) is 1. The molecule has 2 aliphatic rings. The first-order valence-corrected chi connectivity index (χ1v) is 12.3. The topological polar surface area (TPSA) is 118 Å². The molecule has 2 heterocycles. The molecule has 0 aliphatic carbocycles. The minimum absolute atomic E-state index is 0.00734. The number of nitrogens with zero attached hydrogens (tertiary/aromatic N) is 1. The predicted octanol–water partition coefficient (Wildman–Crippen LogP) is 3.36. The maximum absolute atomic E-state index is 11.6. The van der Waals surface area contributed by atoms with Crippen LogP contribution in [0.5, 0.6) is 17.2 Å². The lowest BCUT2D eigenvalue weighted by Gasteiger charge is -2.39. The molecule has 0 radical (unpaired) electrons. The Morgan fingerprint density at radius 2 is 1.97 bits per heavy atom. The number of aliphatic hydroxyl groups is 1. The molecule has 1 spiro atoms. The number of ether oxygens (including phenoxy) is 3. The smallest absolute Gasteiger partial charge is 0.344 e. The Balaban J connectivity index is 1.30. The van der Waals surface area contributed by atoms with E-state index in [4.69, 9.17) is 30.9 Å². The fourth-order valence-corrected chi connectivity index (χ4v) is 4.80. The van der Waals surface area contributed by atoms with Crippen LogP contribution in [0.1, 0.15) is 32.3 Å². The maximum Gasteiger partial charge on any atom is 0.344 e. The van der Waals surface area contributed by atoms with Crippen molar-refractivity contribution in [2.75, 3.05) is 31.6 Å². The predicted molar refractivity (Wildman–Crippen MR) is 134 cm³/mol. The minimum Gasteiger partial charge on any atom is -0.489 e. The highest BCUT2D eigenvalue weighted by Gasteiger charge is 2.42. The van der Waals surface area contributed by atoms with Crippen molar-refractivity contribution in [3.63, 3.8) is 0 Å². The van der Waals surface area contributed by atoms with Crippen molar-refractivity contribution in [1.29, 1.82) is 0 Å². The standard InChI is InChI=1S/C26H31ClN2O7/c1-16(25(32)33)35-21-4-5-22(28-17(2)30)24(12-21)34-15-20(31)14-29-9-7-26(8-10-29)13-18-11-19(27)3-6-23(18)36-26/h3-6,11-12,16,20,31H,7-10,13-15H2,1-2H3,(H,28,30)(H,32,33)/t16?,20-/m1/s1. The molecule has 2 aromatic carbocycles. The normalized spacial score (nSPS) is 18.1. The molecule has 4 rings (SSSR count). The number of piperidine rings is 1. The van der Waals surface area contributed by atoms with Crippen LogP contribution in [0.4, 0.5) is 5.69 Å². The fourth-order valence-electron chi connectivity index (χ4n) is 4.60. The van der Waals surface area contributed by atoms with Crippen molar-refractivity contribution in [3.05, 3.63) is 47.0 Å². The van der Waals surface area contributed by atoms with Crippen molar-refractivity contribution in [2.24, 2.45) is 0 Å². The molecule has 0 aromatic heterocycles. The van der Waals surface area contributed by atoms with Crippen molar-refractivity contribution in [1.82, 2.24) is 4.90 Å². The molecule has 1 unspecified atom stereocenters. The van der Waals surface area contributed by atoms with Crippen LogP contribution < -0.4 is 19.5 Å². The van der Waals surface area contributed by atoms with Gasteiger partial charge in [0.25, 0.3) is 0 Å². The van der Waals surface area contributed by atoms with Crippen LogP contribution in [0, 0.1) is 0 Å². The number of fused-ring (bicyclic) bond motifs is 1. The zero-order chi connectivity index (χ0) is 25.9. The number of amides is 1. The number of β-amino-alcohol motifs (C(OH)–C–C–N with tert-alkyl or cyclic N) is 1. The third-order valence-corrected chi connectivity index (χ3v) is 6.69. The van der Waals surface area contributed by atoms with E-state index < -0.39 is 18.2 Å². The molecule has 2 aromatic rings. The number of hydrogen-bond donors (Lipinski definition) is 3. The molecule has 2 atom stereocenters. The molecule has 3 N–H and O–H groups in total. The van der Waals surface area contributed by atoms with E-state index in [1.165, 1.54) is 19.9 Å². The van der Waals surface area contributed by atoms with Crippen LogP contribution in [0.2, 0.25) is 5.02 Å². The highest BCUT2D eigenvalue weighted by atomic mass is 35.5. The average Bonchev–Trinajstić information content (AvgIpc) is 3.17. The monoisotopic (exact) mass is 518 g/mol. The lowest BCUT2D eigenvalue weighted by atomic mass is 9.87. The average molecular weight is 519 g/mol. The Kier molecular flexibility index (Phi) is 7.92. The van der Waals surface area contributed by atoms with Gasteiger partial charge in [-0.1, -0.05) is 11.6 Å². The fraction of sp³-hybridized carbons (Fsp3) is 0.462. The summed E-state index contributed by atoms with van der Waals surface area (Å²) in [6.07, 6.45) is 0.715. The van der Waals surface area contributed by atoms with Crippen LogP contribution in [0.3, 0.4) is 0 Å². The van der Waals surface area contributed by atoms with Gasteiger partial charge >= 0.3 is 5.97 Å². The van der Waals surface area contributed by atoms with Gasteiger partial charge in [-0.25, -0.2) is 4.79 Å². The number of carbonyl (C=O) groups excluding carboxylic acids is 1. The highest BCUT2D eigenvalue weighted by molar-refractivity contribution is 6.30. The van der Waals surface area contributed by atoms with E-state index in [0.29, 0.717) is 17.3 Å². The minimum atomic E-state index is -1.10. The quantitative estimate of drug-likeness (QED) is 0.462. The third kappa shape index (κ3) is 6.40. The molecule has 9 nitrogen and oxygen atoms in total. The number of aliphatic carboxylic acids is 1. The summed E-state index contributed by atoms with van der Waals surface area (Å²) in [5, 5.41) is 23.1. The highest BCUT2D eigenvalue weighted by Crippen LogP contribution is 2.42. The largest absolute Gasteiger partial charge is 0.489 e. The summed E-state index contributed by atoms with van der Waals surface area (Å²) in [6, 6.07) is 10.4. The Labute approximate surface area is 214 Å². The van der Waals surface area contributed by atoms with E-state index in [2.05, 4.69) is 10.2 Å². The summed E-state index contributed by atoms with van der Waals surface area (Å²) in [4.78, 5) is 24.8. The van der Waals surface area contributed by atoms with Gasteiger partial charge in [-0.05, 0) is 42.8 Å². The number of hydrogen-bond acceptors (Lipinski definition) is 7. The summed E-state index contributed by atoms with van der Waals surface area (Å²) in [5.74, 6) is 0.0863. The molecule has 2 aliphatic heterocycles. The van der Waals surface area contributed by atoms with E-state index in [-0.39, 0.29) is 29.6 Å². The van der Waals surface area contributed by atoms with Gasteiger partial charge in [0, 0.05) is 56.9 Å². The summed E-state index contributed by atoms with van der Waals surface area (Å²) in [5.41, 5.74) is 1.33. The number of rotatable bonds is 9. The van der Waals surface area contributed by atoms with Crippen molar-refractivity contribution in [3.8, 4) is 17.2 Å². The Morgan fingerprint density at radius 1 is 1.22 bits per heavy atom. The zero-order valence-corrected chi connectivity index (χ0v) is 21.1. The second kappa shape index (κ2) is 10.9. The van der Waals surface area contributed by atoms with Gasteiger partial charge in [0.1, 0.15) is 35.6 Å². The Morgan fingerprint density at radius 3 is 2.67 bits per heavy atom. The number of benzene rings is 2. The maximum atomic E-state index is 11.6. The van der Waals surface area contributed by atoms with Crippen LogP contribution >= 0.6 is 11.6 Å². The number of nitrogens with one attached hydrogen (secondary N) is 1. The van der Waals surface area contributed by atoms with Crippen molar-refractivity contribution >= 4 is 29.2 Å². The molecule has 1 fully saturated rings. The molecular formula is C26H31ClN2O7. The summed E-state index contributed by atoms with van der Waals surface area (Å²) in [7, 11) is 0. The van der Waals surface area contributed by atoms with Gasteiger partial charge in [0.15, 0.2) is 6.10 Å². The number of halogens is 1. The van der Waals surface area contributed by atoms with Gasteiger partial charge in [0.05, 0.1) is 5.69 Å². The van der Waals surface area contributed by atoms with E-state index in [0.717, 1.165) is 43.7 Å². The number of carboxylic acid groups (broad SMARTS) is 1. The van der Waals surface area contributed by atoms with Gasteiger partial charge in [-0.3, -0.25) is 4.79 Å². The van der Waals surface area contributed by atoms with E-state index in [1.807, 2.05) is 18.2 Å². The first-order chi connectivity index (χ1) is 17.1. The molecule has 1 amide bonds. The van der Waals surface area contributed by atoms with E-state index >= 15 is 0 Å². The summed E-state index contributed by atoms with van der Waals surface area (Å²) >= 11 is 6.13. The van der Waals surface area contributed by atoms with E-state index in [9.17, 15) is 14.7 Å². The number of aliphatic hydroxyl groups excluding tert-OH is 1. The van der Waals surface area contributed by atoms with Crippen LogP contribution in [0.25, 0.3) is 0 Å². The molecule has 0 saturated carbocycles. The Hall–Kier alpha value is -3.01. The van der Waals surface area contributed by atoms with Gasteiger partial charge in [0.2, 0.25) is 5.91 Å². The lowest BCUT2D eigenvalue weighted by Crippen LogP contribution is -2.49. The zero-order valence-electron chi connectivity index (χ0n) is 20.3. The summed E-state index contributed by atoms with van der Waals surface area (Å²) < 4.78 is 17.5. The number of carboxylic acids is 1. The SMILES string of the molecule is CC(=O)Nc1ccc(OC(C)C(=O)O)cc1OC[C@H](O)CN1CCC2(CC1)Cc1cc(Cl)ccc1O2. The molecule has 10 heteroatoms. The summed E-state index contributed by atoms with van der Waals surface area (Å²) in [6.45, 7) is 4.78. The second-order valence-corrected chi connectivity index (χ2v) is 9.85. The molecule has 36 heavy (non-hydrogen) atoms. The van der Waals surface area contributed by atoms with E-state index in [1.54, 1.807) is 12.1 Å². The van der Waals surface area contributed by atoms with Crippen LogP contribution in [-0.2, 0) is 16.0 Å². The second-order valence-electron chi connectivity index (χ2n) is 9.42. The van der Waals surface area contributed by atoms with Gasteiger partial charge < -0.3 is 34.6 Å². The number of anilines is 1. The van der Waals surface area contributed by atoms with Crippen LogP contribution in [-0.4, -0.2) is 71.0 Å². The van der Waals surface area contributed by atoms with Gasteiger partial charge in [-0.15, -0.1) is 0 Å². The van der Waals surface area contributed by atoms with Crippen molar-refractivity contribution in [2.45, 2.75) is 50.9 Å². The molecular weight excluding hydrogens is 488 g/mol. The molecule has 194 valence electrons. The first kappa shape index (κ1) is 26.1. The molecule has 1 saturated heterocycles. The molecule has 0 bridgehead atoms. The Bertz CT molecular complexity index is 1120.